The standard InChI is InChI=1S/C10H10N4O4S2/c15-10(16)7-3-9(19-5-7)20(17,18)14-2-1-13-6-11-12-8(13)4-14/h3,5-6H,1-2,4H2,(H,15,16). The normalized spacial score (nSPS) is 16.0. The number of carboxylic acid groups (broad SMARTS) is 1. The number of hydrogen-bond acceptors (Lipinski definition) is 6. The summed E-state index contributed by atoms with van der Waals surface area (Å²) in [7, 11) is -3.69. The molecule has 3 rings (SSSR count). The second kappa shape index (κ2) is 4.65. The third kappa shape index (κ3) is 2.11. The highest BCUT2D eigenvalue weighted by molar-refractivity contribution is 7.91. The zero-order chi connectivity index (χ0) is 14.3. The van der Waals surface area contributed by atoms with Crippen molar-refractivity contribution in [2.75, 3.05) is 6.54 Å². The number of thiophene rings is 1. The number of carbonyl (C=O) groups is 1. The third-order valence-corrected chi connectivity index (χ3v) is 6.28. The van der Waals surface area contributed by atoms with E-state index in [1.807, 2.05) is 0 Å². The Kier molecular flexibility index (Phi) is 3.07. The van der Waals surface area contributed by atoms with Crippen molar-refractivity contribution in [2.45, 2.75) is 17.3 Å². The Bertz CT molecular complexity index is 764. The summed E-state index contributed by atoms with van der Waals surface area (Å²) in [4.78, 5) is 10.8. The van der Waals surface area contributed by atoms with E-state index in [1.165, 1.54) is 15.8 Å². The van der Waals surface area contributed by atoms with Gasteiger partial charge in [0.25, 0.3) is 10.0 Å². The van der Waals surface area contributed by atoms with E-state index >= 15 is 0 Å². The van der Waals surface area contributed by atoms with E-state index in [0.29, 0.717) is 18.9 Å². The molecule has 0 unspecified atom stereocenters. The molecule has 0 amide bonds. The molecule has 20 heavy (non-hydrogen) atoms. The first-order valence-corrected chi connectivity index (χ1v) is 7.99. The SMILES string of the molecule is O=C(O)c1csc(S(=O)(=O)N2CCn3cnnc3C2)c1. The smallest absolute Gasteiger partial charge is 0.336 e. The number of nitrogens with zero attached hydrogens (tertiary/aromatic N) is 4. The molecule has 106 valence electrons. The lowest BCUT2D eigenvalue weighted by molar-refractivity contribution is 0.0697. The Hall–Kier alpha value is -1.78. The quantitative estimate of drug-likeness (QED) is 0.870. The minimum absolute atomic E-state index is 0.0197. The maximum absolute atomic E-state index is 12.4. The minimum atomic E-state index is -3.69. The maximum Gasteiger partial charge on any atom is 0.336 e. The largest absolute Gasteiger partial charge is 0.478 e. The fourth-order valence-electron chi connectivity index (χ4n) is 1.94. The van der Waals surface area contributed by atoms with Crippen LogP contribution in [-0.4, -0.2) is 45.1 Å². The average Bonchev–Trinajstić information content (AvgIpc) is 3.07. The highest BCUT2D eigenvalue weighted by Gasteiger charge is 2.30. The van der Waals surface area contributed by atoms with E-state index in [2.05, 4.69) is 10.2 Å². The van der Waals surface area contributed by atoms with Crippen LogP contribution in [0.3, 0.4) is 0 Å². The summed E-state index contributed by atoms with van der Waals surface area (Å²) in [5, 5.41) is 17.8. The van der Waals surface area contributed by atoms with Gasteiger partial charge in [0.1, 0.15) is 16.4 Å². The van der Waals surface area contributed by atoms with Gasteiger partial charge in [0, 0.05) is 18.5 Å². The molecule has 0 fully saturated rings. The molecule has 0 saturated heterocycles. The van der Waals surface area contributed by atoms with Gasteiger partial charge in [-0.15, -0.1) is 21.5 Å². The summed E-state index contributed by atoms with van der Waals surface area (Å²) in [6.07, 6.45) is 1.56. The van der Waals surface area contributed by atoms with Gasteiger partial charge in [0.05, 0.1) is 12.1 Å². The Morgan fingerprint density at radius 1 is 1.40 bits per heavy atom. The predicted molar refractivity (Wildman–Crippen MR) is 68.9 cm³/mol. The van der Waals surface area contributed by atoms with Crippen molar-refractivity contribution in [3.8, 4) is 0 Å². The second-order valence-corrected chi connectivity index (χ2v) is 7.31. The van der Waals surface area contributed by atoms with Crippen molar-refractivity contribution >= 4 is 27.3 Å². The number of rotatable bonds is 3. The molecular formula is C10H10N4O4S2. The van der Waals surface area contributed by atoms with Crippen LogP contribution in [0.5, 0.6) is 0 Å². The number of aromatic carboxylic acids is 1. The van der Waals surface area contributed by atoms with Crippen molar-refractivity contribution in [1.29, 1.82) is 0 Å². The van der Waals surface area contributed by atoms with E-state index < -0.39 is 16.0 Å². The van der Waals surface area contributed by atoms with Crippen LogP contribution in [0.4, 0.5) is 0 Å². The van der Waals surface area contributed by atoms with Crippen molar-refractivity contribution < 1.29 is 18.3 Å². The summed E-state index contributed by atoms with van der Waals surface area (Å²) in [5.41, 5.74) is -0.0197. The maximum atomic E-state index is 12.4. The van der Waals surface area contributed by atoms with Crippen molar-refractivity contribution in [3.63, 3.8) is 0 Å². The van der Waals surface area contributed by atoms with Crippen molar-refractivity contribution in [2.24, 2.45) is 0 Å². The van der Waals surface area contributed by atoms with Gasteiger partial charge < -0.3 is 9.67 Å². The van der Waals surface area contributed by atoms with Gasteiger partial charge in [0.15, 0.2) is 0 Å². The molecule has 3 heterocycles. The number of hydrogen-bond donors (Lipinski definition) is 1. The molecule has 2 aromatic heterocycles. The summed E-state index contributed by atoms with van der Waals surface area (Å²) in [6.45, 7) is 0.940. The Morgan fingerprint density at radius 2 is 2.20 bits per heavy atom. The summed E-state index contributed by atoms with van der Waals surface area (Å²) >= 11 is 0.909. The number of carboxylic acids is 1. The molecule has 0 aliphatic carbocycles. The molecule has 1 aliphatic rings. The molecule has 0 radical (unpaired) electrons. The fourth-order valence-corrected chi connectivity index (χ4v) is 4.63. The lowest BCUT2D eigenvalue weighted by atomic mass is 10.4. The van der Waals surface area contributed by atoms with Gasteiger partial charge in [-0.25, -0.2) is 13.2 Å². The van der Waals surface area contributed by atoms with Crippen molar-refractivity contribution in [3.05, 3.63) is 29.2 Å². The molecular weight excluding hydrogens is 304 g/mol. The first kappa shape index (κ1) is 13.2. The van der Waals surface area contributed by atoms with Gasteiger partial charge in [-0.2, -0.15) is 4.31 Å². The lowest BCUT2D eigenvalue weighted by Gasteiger charge is -2.25. The minimum Gasteiger partial charge on any atom is -0.478 e. The van der Waals surface area contributed by atoms with Crippen LogP contribution in [-0.2, 0) is 23.1 Å². The first-order chi connectivity index (χ1) is 9.48. The number of sulfonamides is 1. The van der Waals surface area contributed by atoms with E-state index in [4.69, 9.17) is 5.11 Å². The highest BCUT2D eigenvalue weighted by atomic mass is 32.2. The van der Waals surface area contributed by atoms with Crippen LogP contribution in [0, 0.1) is 0 Å². The van der Waals surface area contributed by atoms with Crippen LogP contribution in [0.2, 0.25) is 0 Å². The molecule has 1 N–H and O–H groups in total. The number of aromatic nitrogens is 3. The van der Waals surface area contributed by atoms with Gasteiger partial charge in [0.2, 0.25) is 0 Å². The van der Waals surface area contributed by atoms with Crippen LogP contribution in [0.25, 0.3) is 0 Å². The first-order valence-electron chi connectivity index (χ1n) is 5.67. The molecule has 8 nitrogen and oxygen atoms in total. The Morgan fingerprint density at radius 3 is 2.90 bits per heavy atom. The predicted octanol–water partition coefficient (Wildman–Crippen LogP) is 0.242. The van der Waals surface area contributed by atoms with Gasteiger partial charge in [-0.3, -0.25) is 0 Å². The van der Waals surface area contributed by atoms with Gasteiger partial charge >= 0.3 is 5.97 Å². The molecule has 2 aromatic rings. The molecule has 0 bridgehead atoms. The molecule has 0 saturated carbocycles. The molecule has 0 atom stereocenters. The van der Waals surface area contributed by atoms with Crippen LogP contribution in [0.15, 0.2) is 22.0 Å². The van der Waals surface area contributed by atoms with E-state index in [9.17, 15) is 13.2 Å². The van der Waals surface area contributed by atoms with E-state index in [-0.39, 0.29) is 16.3 Å². The zero-order valence-corrected chi connectivity index (χ0v) is 11.8. The van der Waals surface area contributed by atoms with Crippen LogP contribution < -0.4 is 0 Å². The van der Waals surface area contributed by atoms with Crippen LogP contribution >= 0.6 is 11.3 Å². The number of fused-ring (bicyclic) bond motifs is 1. The van der Waals surface area contributed by atoms with Gasteiger partial charge in [-0.1, -0.05) is 0 Å². The molecule has 1 aliphatic heterocycles. The second-order valence-electron chi connectivity index (χ2n) is 4.24. The summed E-state index contributed by atoms with van der Waals surface area (Å²) in [5.74, 6) is -0.559. The third-order valence-electron chi connectivity index (χ3n) is 3.02. The lowest BCUT2D eigenvalue weighted by Crippen LogP contribution is -2.37. The van der Waals surface area contributed by atoms with E-state index in [1.54, 1.807) is 10.9 Å². The zero-order valence-electron chi connectivity index (χ0n) is 10.1. The fraction of sp³-hybridized carbons (Fsp3) is 0.300. The van der Waals surface area contributed by atoms with E-state index in [0.717, 1.165) is 11.3 Å². The van der Waals surface area contributed by atoms with Crippen LogP contribution in [0.1, 0.15) is 16.2 Å². The highest BCUT2D eigenvalue weighted by Crippen LogP contribution is 2.26. The molecule has 0 aromatic carbocycles. The van der Waals surface area contributed by atoms with Gasteiger partial charge in [-0.05, 0) is 6.07 Å². The molecule has 10 heteroatoms. The van der Waals surface area contributed by atoms with Crippen molar-refractivity contribution in [1.82, 2.24) is 19.1 Å². The summed E-state index contributed by atoms with van der Waals surface area (Å²) < 4.78 is 28.0. The summed E-state index contributed by atoms with van der Waals surface area (Å²) in [6, 6.07) is 1.18. The topological polar surface area (TPSA) is 105 Å². The monoisotopic (exact) mass is 314 g/mol. The Balaban J connectivity index is 1.90. The average molecular weight is 314 g/mol. The molecule has 0 spiro atoms. The Labute approximate surface area is 118 Å².